The summed E-state index contributed by atoms with van der Waals surface area (Å²) in [5.74, 6) is -1.21. The summed E-state index contributed by atoms with van der Waals surface area (Å²) < 4.78 is 29.1. The molecule has 0 saturated heterocycles. The Kier molecular flexibility index (Phi) is 2.43. The molecule has 0 amide bonds. The van der Waals surface area contributed by atoms with Gasteiger partial charge in [0.2, 0.25) is 0 Å². The molecule has 0 bridgehead atoms. The Bertz CT molecular complexity index is 539. The fourth-order valence-electron chi connectivity index (χ4n) is 1.30. The first-order valence-electron chi connectivity index (χ1n) is 4.23. The van der Waals surface area contributed by atoms with E-state index in [4.69, 9.17) is 5.11 Å². The number of carbonyl (C=O) groups is 1. The molecule has 0 atom stereocenters. The third-order valence-corrected chi connectivity index (χ3v) is 1.94. The van der Waals surface area contributed by atoms with Crippen molar-refractivity contribution in [3.05, 3.63) is 30.1 Å². The first-order chi connectivity index (χ1) is 7.58. The quantitative estimate of drug-likeness (QED) is 0.867. The van der Waals surface area contributed by atoms with Crippen LogP contribution in [0.2, 0.25) is 0 Å². The highest BCUT2D eigenvalue weighted by atomic mass is 19.3. The van der Waals surface area contributed by atoms with E-state index < -0.39 is 12.6 Å². The summed E-state index contributed by atoms with van der Waals surface area (Å²) in [6, 6.07) is 2.61. The van der Waals surface area contributed by atoms with Crippen LogP contribution in [0, 0.1) is 0 Å². The number of carboxylic acids is 1. The van der Waals surface area contributed by atoms with Crippen molar-refractivity contribution in [1.82, 2.24) is 9.61 Å². The number of pyridine rings is 1. The average Bonchev–Trinajstić information content (AvgIpc) is 2.59. The topological polar surface area (TPSA) is 63.8 Å². The zero-order chi connectivity index (χ0) is 11.7. The molecular weight excluding hydrogens is 222 g/mol. The van der Waals surface area contributed by atoms with Crippen LogP contribution in [0.15, 0.2) is 24.5 Å². The third-order valence-electron chi connectivity index (χ3n) is 1.94. The smallest absolute Gasteiger partial charge is 0.387 e. The van der Waals surface area contributed by atoms with Crippen LogP contribution in [-0.2, 0) is 0 Å². The molecule has 0 aliphatic carbocycles. The zero-order valence-corrected chi connectivity index (χ0v) is 7.80. The van der Waals surface area contributed by atoms with Gasteiger partial charge in [-0.05, 0) is 12.1 Å². The molecule has 2 aromatic heterocycles. The van der Waals surface area contributed by atoms with Gasteiger partial charge < -0.3 is 9.84 Å². The minimum absolute atomic E-state index is 0.00333. The predicted molar refractivity (Wildman–Crippen MR) is 48.8 cm³/mol. The van der Waals surface area contributed by atoms with Crippen molar-refractivity contribution in [2.75, 3.05) is 0 Å². The van der Waals surface area contributed by atoms with Crippen LogP contribution >= 0.6 is 0 Å². The molecule has 7 heteroatoms. The average molecular weight is 228 g/mol. The lowest BCUT2D eigenvalue weighted by Crippen LogP contribution is -2.03. The van der Waals surface area contributed by atoms with E-state index in [-0.39, 0.29) is 11.3 Å². The van der Waals surface area contributed by atoms with Crippen LogP contribution < -0.4 is 4.74 Å². The Hall–Kier alpha value is -2.18. The van der Waals surface area contributed by atoms with Crippen molar-refractivity contribution in [2.24, 2.45) is 0 Å². The maximum absolute atomic E-state index is 11.9. The molecule has 2 aromatic rings. The number of ether oxygens (including phenoxy) is 1. The van der Waals surface area contributed by atoms with E-state index in [2.05, 4.69) is 9.84 Å². The Morgan fingerprint density at radius 1 is 1.50 bits per heavy atom. The number of carboxylic acid groups (broad SMARTS) is 1. The third kappa shape index (κ3) is 1.79. The number of nitrogens with zero attached hydrogens (tertiary/aromatic N) is 2. The Morgan fingerprint density at radius 3 is 2.88 bits per heavy atom. The summed E-state index contributed by atoms with van der Waals surface area (Å²) in [6.45, 7) is -2.92. The van der Waals surface area contributed by atoms with Crippen LogP contribution in [-0.4, -0.2) is 27.3 Å². The van der Waals surface area contributed by atoms with Crippen molar-refractivity contribution in [3.63, 3.8) is 0 Å². The minimum Gasteiger partial charge on any atom is -0.478 e. The van der Waals surface area contributed by atoms with E-state index in [9.17, 15) is 13.6 Å². The summed E-state index contributed by atoms with van der Waals surface area (Å²) in [4.78, 5) is 10.7. The molecule has 0 fully saturated rings. The molecule has 2 rings (SSSR count). The Labute approximate surface area is 87.9 Å². The van der Waals surface area contributed by atoms with Crippen molar-refractivity contribution in [1.29, 1.82) is 0 Å². The van der Waals surface area contributed by atoms with E-state index in [1.54, 1.807) is 0 Å². The molecule has 1 N–H and O–H groups in total. The van der Waals surface area contributed by atoms with Gasteiger partial charge in [0.15, 0.2) is 0 Å². The Balaban J connectivity index is 2.45. The lowest BCUT2D eigenvalue weighted by atomic mass is 10.2. The molecule has 0 radical (unpaired) electrons. The highest BCUT2D eigenvalue weighted by Gasteiger charge is 2.12. The summed E-state index contributed by atoms with van der Waals surface area (Å²) in [5.41, 5.74) is 0.317. The number of hydrogen-bond donors (Lipinski definition) is 1. The molecule has 0 saturated carbocycles. The van der Waals surface area contributed by atoms with E-state index >= 15 is 0 Å². The second-order valence-corrected chi connectivity index (χ2v) is 2.94. The maximum Gasteiger partial charge on any atom is 0.387 e. The molecule has 0 spiro atoms. The van der Waals surface area contributed by atoms with Gasteiger partial charge in [-0.1, -0.05) is 0 Å². The molecule has 16 heavy (non-hydrogen) atoms. The number of aromatic nitrogens is 2. The minimum atomic E-state index is -2.92. The second-order valence-electron chi connectivity index (χ2n) is 2.94. The molecule has 84 valence electrons. The lowest BCUT2D eigenvalue weighted by molar-refractivity contribution is -0.0501. The van der Waals surface area contributed by atoms with Gasteiger partial charge in [-0.3, -0.25) is 0 Å². The van der Waals surface area contributed by atoms with E-state index in [0.29, 0.717) is 5.52 Å². The molecule has 0 aliphatic heterocycles. The van der Waals surface area contributed by atoms with Crippen molar-refractivity contribution in [2.45, 2.75) is 6.61 Å². The first kappa shape index (κ1) is 10.3. The van der Waals surface area contributed by atoms with Crippen LogP contribution in [0.1, 0.15) is 10.4 Å². The fourth-order valence-corrected chi connectivity index (χ4v) is 1.30. The summed E-state index contributed by atoms with van der Waals surface area (Å²) in [5, 5.41) is 12.5. The number of fused-ring (bicyclic) bond motifs is 1. The van der Waals surface area contributed by atoms with Crippen molar-refractivity contribution in [3.8, 4) is 5.75 Å². The molecule has 0 aromatic carbocycles. The number of halogens is 2. The van der Waals surface area contributed by atoms with Gasteiger partial charge in [0.05, 0.1) is 17.9 Å². The van der Waals surface area contributed by atoms with E-state index in [1.807, 2.05) is 0 Å². The molecule has 0 aliphatic rings. The summed E-state index contributed by atoms with van der Waals surface area (Å²) in [7, 11) is 0. The van der Waals surface area contributed by atoms with Crippen LogP contribution in [0.4, 0.5) is 8.78 Å². The van der Waals surface area contributed by atoms with Crippen LogP contribution in [0.3, 0.4) is 0 Å². The summed E-state index contributed by atoms with van der Waals surface area (Å²) in [6.07, 6.45) is 2.33. The molecular formula is C9H6F2N2O3. The Morgan fingerprint density at radius 2 is 2.25 bits per heavy atom. The van der Waals surface area contributed by atoms with Gasteiger partial charge in [-0.25, -0.2) is 9.31 Å². The highest BCUT2D eigenvalue weighted by Crippen LogP contribution is 2.17. The predicted octanol–water partition coefficient (Wildman–Crippen LogP) is 1.63. The lowest BCUT2D eigenvalue weighted by Gasteiger charge is -2.04. The number of hydrogen-bond acceptors (Lipinski definition) is 3. The summed E-state index contributed by atoms with van der Waals surface area (Å²) >= 11 is 0. The fraction of sp³-hybridized carbons (Fsp3) is 0.111. The standard InChI is InChI=1S/C9H6F2N2O3/c10-9(11)16-5-1-2-7-6(8(14)15)3-12-13(7)4-5/h1-4,9H,(H,14,15). The van der Waals surface area contributed by atoms with Crippen molar-refractivity contribution >= 4 is 11.5 Å². The van der Waals surface area contributed by atoms with E-state index in [0.717, 1.165) is 6.20 Å². The number of alkyl halides is 2. The van der Waals surface area contributed by atoms with Gasteiger partial charge >= 0.3 is 12.6 Å². The van der Waals surface area contributed by atoms with Gasteiger partial charge in [0, 0.05) is 0 Å². The number of rotatable bonds is 3. The first-order valence-corrected chi connectivity index (χ1v) is 4.23. The zero-order valence-electron chi connectivity index (χ0n) is 7.80. The molecule has 0 unspecified atom stereocenters. The SMILES string of the molecule is O=C(O)c1cnn2cc(OC(F)F)ccc12. The second kappa shape index (κ2) is 3.76. The van der Waals surface area contributed by atoms with Gasteiger partial charge in [0.25, 0.3) is 0 Å². The maximum atomic E-state index is 11.9. The van der Waals surface area contributed by atoms with Gasteiger partial charge in [-0.15, -0.1) is 0 Å². The van der Waals surface area contributed by atoms with Gasteiger partial charge in [0.1, 0.15) is 11.3 Å². The molecule has 5 nitrogen and oxygen atoms in total. The normalized spacial score (nSPS) is 10.9. The highest BCUT2D eigenvalue weighted by molar-refractivity contribution is 5.95. The van der Waals surface area contributed by atoms with E-state index in [1.165, 1.54) is 22.8 Å². The van der Waals surface area contributed by atoms with Crippen molar-refractivity contribution < 1.29 is 23.4 Å². The largest absolute Gasteiger partial charge is 0.478 e. The number of aromatic carboxylic acids is 1. The van der Waals surface area contributed by atoms with Crippen LogP contribution in [0.25, 0.3) is 5.52 Å². The van der Waals surface area contributed by atoms with Gasteiger partial charge in [-0.2, -0.15) is 13.9 Å². The molecule has 2 heterocycles. The monoisotopic (exact) mass is 228 g/mol. The van der Waals surface area contributed by atoms with Crippen LogP contribution in [0.5, 0.6) is 5.75 Å².